The average Bonchev–Trinajstić information content (AvgIpc) is 3.11. The fourth-order valence-corrected chi connectivity index (χ4v) is 3.62. The number of benzene rings is 1. The van der Waals surface area contributed by atoms with Crippen molar-refractivity contribution in [3.8, 4) is 0 Å². The van der Waals surface area contributed by atoms with E-state index < -0.39 is 17.2 Å². The summed E-state index contributed by atoms with van der Waals surface area (Å²) in [5.74, 6) is -0.518. The Bertz CT molecular complexity index is 1050. The van der Waals surface area contributed by atoms with Gasteiger partial charge in [-0.25, -0.2) is 9.59 Å². The van der Waals surface area contributed by atoms with Gasteiger partial charge in [-0.2, -0.15) is 0 Å². The second kappa shape index (κ2) is 7.67. The van der Waals surface area contributed by atoms with Crippen molar-refractivity contribution >= 4 is 27.5 Å². The quantitative estimate of drug-likeness (QED) is 0.660. The third-order valence-corrected chi connectivity index (χ3v) is 5.20. The second-order valence-corrected chi connectivity index (χ2v) is 6.86. The van der Waals surface area contributed by atoms with Gasteiger partial charge in [0.1, 0.15) is 16.3 Å². The van der Waals surface area contributed by atoms with E-state index >= 15 is 0 Å². The predicted octanol–water partition coefficient (Wildman–Crippen LogP) is 1.47. The molecule has 136 valence electrons. The first kappa shape index (κ1) is 18.1. The summed E-state index contributed by atoms with van der Waals surface area (Å²) in [6, 6.07) is 10.8. The van der Waals surface area contributed by atoms with Gasteiger partial charge in [-0.1, -0.05) is 30.3 Å². The molecule has 0 fully saturated rings. The Morgan fingerprint density at radius 1 is 1.23 bits per heavy atom. The predicted molar refractivity (Wildman–Crippen MR) is 101 cm³/mol. The zero-order valence-electron chi connectivity index (χ0n) is 14.3. The van der Waals surface area contributed by atoms with Gasteiger partial charge in [-0.05, 0) is 24.6 Å². The Morgan fingerprint density at radius 3 is 2.65 bits per heavy atom. The van der Waals surface area contributed by atoms with Crippen LogP contribution in [0.5, 0.6) is 0 Å². The van der Waals surface area contributed by atoms with Crippen molar-refractivity contribution in [2.75, 3.05) is 6.54 Å². The molecule has 0 saturated carbocycles. The molecular formula is C18H19N3O4S. The van der Waals surface area contributed by atoms with E-state index in [0.29, 0.717) is 28.1 Å². The number of rotatable bonds is 6. The van der Waals surface area contributed by atoms with Crippen molar-refractivity contribution in [1.29, 1.82) is 0 Å². The van der Waals surface area contributed by atoms with E-state index in [1.165, 1.54) is 10.6 Å². The minimum atomic E-state index is -0.518. The normalized spacial score (nSPS) is 11.0. The van der Waals surface area contributed by atoms with Crippen LogP contribution in [0.15, 0.2) is 46.0 Å². The number of hydrogen-bond acceptors (Lipinski definition) is 6. The summed E-state index contributed by atoms with van der Waals surface area (Å²) in [5.41, 5.74) is 5.52. The monoisotopic (exact) mass is 373 g/mol. The Kier molecular flexibility index (Phi) is 5.34. The van der Waals surface area contributed by atoms with Crippen LogP contribution in [0.1, 0.15) is 21.7 Å². The summed E-state index contributed by atoms with van der Waals surface area (Å²) >= 11 is 1.08. The number of thiophene rings is 1. The number of nitrogens with two attached hydrogens (primary N) is 1. The van der Waals surface area contributed by atoms with Crippen LogP contribution in [-0.4, -0.2) is 21.6 Å². The number of nitrogens with zero attached hydrogens (tertiary/aromatic N) is 2. The first-order valence-electron chi connectivity index (χ1n) is 8.17. The molecule has 0 aliphatic rings. The highest BCUT2D eigenvalue weighted by atomic mass is 32.1. The van der Waals surface area contributed by atoms with E-state index in [9.17, 15) is 14.4 Å². The zero-order valence-corrected chi connectivity index (χ0v) is 15.1. The van der Waals surface area contributed by atoms with Crippen LogP contribution in [0.3, 0.4) is 0 Å². The van der Waals surface area contributed by atoms with E-state index in [4.69, 9.17) is 10.5 Å². The van der Waals surface area contributed by atoms with Gasteiger partial charge in [0.2, 0.25) is 0 Å². The third kappa shape index (κ3) is 3.47. The fourth-order valence-electron chi connectivity index (χ4n) is 2.63. The minimum absolute atomic E-state index is 0.146. The lowest BCUT2D eigenvalue weighted by molar-refractivity contribution is 0.0478. The minimum Gasteiger partial charge on any atom is -0.457 e. The van der Waals surface area contributed by atoms with Gasteiger partial charge in [0.25, 0.3) is 5.56 Å². The van der Waals surface area contributed by atoms with E-state index in [1.807, 2.05) is 30.3 Å². The highest BCUT2D eigenvalue weighted by Crippen LogP contribution is 2.22. The summed E-state index contributed by atoms with van der Waals surface area (Å²) in [4.78, 5) is 38.0. The summed E-state index contributed by atoms with van der Waals surface area (Å²) in [6.07, 6.45) is 0.525. The molecule has 3 rings (SSSR count). The van der Waals surface area contributed by atoms with Crippen LogP contribution < -0.4 is 17.0 Å². The lowest BCUT2D eigenvalue weighted by Crippen LogP contribution is -2.39. The third-order valence-electron chi connectivity index (χ3n) is 4.01. The molecular weight excluding hydrogens is 354 g/mol. The second-order valence-electron chi connectivity index (χ2n) is 5.83. The molecule has 0 bridgehead atoms. The van der Waals surface area contributed by atoms with Gasteiger partial charge in [0.05, 0.1) is 5.39 Å². The molecule has 0 atom stereocenters. The van der Waals surface area contributed by atoms with Gasteiger partial charge >= 0.3 is 11.7 Å². The Balaban J connectivity index is 1.92. The average molecular weight is 373 g/mol. The number of aryl methyl sites for hydroxylation is 1. The maximum absolute atomic E-state index is 12.6. The number of hydrogen-bond donors (Lipinski definition) is 1. The number of esters is 1. The highest BCUT2D eigenvalue weighted by Gasteiger charge is 2.18. The van der Waals surface area contributed by atoms with Crippen molar-refractivity contribution < 1.29 is 9.53 Å². The smallest absolute Gasteiger partial charge is 0.348 e. The number of ether oxygens (including phenoxy) is 1. The van der Waals surface area contributed by atoms with Gasteiger partial charge in [0, 0.05) is 13.6 Å². The molecule has 7 nitrogen and oxygen atoms in total. The van der Waals surface area contributed by atoms with Crippen LogP contribution in [-0.2, 0) is 24.9 Å². The van der Waals surface area contributed by atoms with E-state index in [0.717, 1.165) is 21.5 Å². The zero-order chi connectivity index (χ0) is 18.7. The Labute approximate surface area is 153 Å². The molecule has 0 spiro atoms. The molecule has 0 saturated heterocycles. The maximum atomic E-state index is 12.6. The van der Waals surface area contributed by atoms with E-state index in [-0.39, 0.29) is 13.2 Å². The fraction of sp³-hybridized carbons (Fsp3) is 0.278. The number of carbonyl (C=O) groups is 1. The lowest BCUT2D eigenvalue weighted by atomic mass is 10.2. The number of carbonyl (C=O) groups excluding carboxylic acids is 1. The first-order chi connectivity index (χ1) is 12.5. The summed E-state index contributed by atoms with van der Waals surface area (Å²) in [6.45, 7) is 0.781. The van der Waals surface area contributed by atoms with Crippen molar-refractivity contribution in [3.05, 3.63) is 67.7 Å². The molecule has 2 aromatic heterocycles. The van der Waals surface area contributed by atoms with Crippen LogP contribution in [0.2, 0.25) is 0 Å². The summed E-state index contributed by atoms with van der Waals surface area (Å²) in [5, 5.41) is 0.334. The molecule has 0 aliphatic heterocycles. The molecule has 3 aromatic rings. The topological polar surface area (TPSA) is 96.3 Å². The maximum Gasteiger partial charge on any atom is 0.348 e. The van der Waals surface area contributed by atoms with Gasteiger partial charge in [-0.15, -0.1) is 11.3 Å². The Morgan fingerprint density at radius 2 is 1.96 bits per heavy atom. The van der Waals surface area contributed by atoms with Crippen LogP contribution in [0, 0.1) is 0 Å². The summed E-state index contributed by atoms with van der Waals surface area (Å²) < 4.78 is 7.84. The Hall–Kier alpha value is -2.71. The van der Waals surface area contributed by atoms with Crippen LogP contribution in [0.4, 0.5) is 0 Å². The molecule has 2 heterocycles. The van der Waals surface area contributed by atoms with Crippen LogP contribution in [0.25, 0.3) is 10.2 Å². The van der Waals surface area contributed by atoms with Crippen molar-refractivity contribution in [1.82, 2.24) is 9.13 Å². The van der Waals surface area contributed by atoms with Gasteiger partial charge in [-0.3, -0.25) is 13.9 Å². The molecule has 1 aromatic carbocycles. The van der Waals surface area contributed by atoms with Crippen molar-refractivity contribution in [2.24, 2.45) is 12.8 Å². The van der Waals surface area contributed by atoms with Crippen molar-refractivity contribution in [2.45, 2.75) is 19.6 Å². The van der Waals surface area contributed by atoms with Crippen molar-refractivity contribution in [3.63, 3.8) is 0 Å². The molecule has 0 unspecified atom stereocenters. The molecule has 2 N–H and O–H groups in total. The molecule has 0 radical (unpaired) electrons. The lowest BCUT2D eigenvalue weighted by Gasteiger charge is -2.07. The summed E-state index contributed by atoms with van der Waals surface area (Å²) in [7, 11) is 1.58. The highest BCUT2D eigenvalue weighted by molar-refractivity contribution is 7.20. The standard InChI is InChI=1S/C18H19N3O4S/c1-20-16-13(15(22)21(18(20)24)9-5-8-19)10-14(26-16)17(23)25-11-12-6-3-2-4-7-12/h2-4,6-7,10H,5,8-9,11,19H2,1H3. The van der Waals surface area contributed by atoms with Crippen LogP contribution >= 0.6 is 11.3 Å². The van der Waals surface area contributed by atoms with Gasteiger partial charge in [0.15, 0.2) is 0 Å². The molecule has 8 heteroatoms. The largest absolute Gasteiger partial charge is 0.457 e. The SMILES string of the molecule is Cn1c(=O)n(CCCN)c(=O)c2cc(C(=O)OCc3ccccc3)sc21. The first-order valence-corrected chi connectivity index (χ1v) is 8.99. The van der Waals surface area contributed by atoms with E-state index in [2.05, 4.69) is 0 Å². The van der Waals surface area contributed by atoms with E-state index in [1.54, 1.807) is 7.05 Å². The number of fused-ring (bicyclic) bond motifs is 1. The molecule has 0 aliphatic carbocycles. The molecule has 0 amide bonds. The molecule has 26 heavy (non-hydrogen) atoms. The van der Waals surface area contributed by atoms with Gasteiger partial charge < -0.3 is 10.5 Å². The number of aromatic nitrogens is 2.